The predicted molar refractivity (Wildman–Crippen MR) is 35.6 cm³/mol. The van der Waals surface area contributed by atoms with Crippen LogP contribution in [0, 0.1) is 18.3 Å². The lowest BCUT2D eigenvalue weighted by Gasteiger charge is -2.18. The van der Waals surface area contributed by atoms with Gasteiger partial charge in [0.2, 0.25) is 0 Å². The summed E-state index contributed by atoms with van der Waals surface area (Å²) >= 11 is 0. The fourth-order valence-electron chi connectivity index (χ4n) is 1.86. The predicted octanol–water partition coefficient (Wildman–Crippen LogP) is -0.242. The number of hydrogen-bond acceptors (Lipinski definition) is 3. The highest BCUT2D eigenvalue weighted by Gasteiger charge is 2.60. The molecule has 0 saturated carbocycles. The molecule has 3 aliphatic heterocycles. The normalized spacial score (nSPS) is 58.3. The summed E-state index contributed by atoms with van der Waals surface area (Å²) < 4.78 is 16.1. The van der Waals surface area contributed by atoms with Crippen LogP contribution in [0.1, 0.15) is 0 Å². The molecule has 3 saturated heterocycles. The quantitative estimate of drug-likeness (QED) is 0.354. The van der Waals surface area contributed by atoms with E-state index >= 15 is 0 Å². The van der Waals surface area contributed by atoms with Crippen LogP contribution < -0.4 is 0 Å². The van der Waals surface area contributed by atoms with E-state index in [9.17, 15) is 0 Å². The van der Waals surface area contributed by atoms with E-state index in [-0.39, 0.29) is 30.5 Å². The molecule has 3 heteroatoms. The molecule has 11 heavy (non-hydrogen) atoms. The zero-order valence-electron chi connectivity index (χ0n) is 5.90. The van der Waals surface area contributed by atoms with Gasteiger partial charge in [-0.25, -0.2) is 0 Å². The van der Waals surface area contributed by atoms with Crippen molar-refractivity contribution in [3.05, 3.63) is 0 Å². The van der Waals surface area contributed by atoms with Gasteiger partial charge in [-0.2, -0.15) is 0 Å². The zero-order valence-corrected chi connectivity index (χ0v) is 5.90. The van der Waals surface area contributed by atoms with Crippen molar-refractivity contribution < 1.29 is 14.2 Å². The van der Waals surface area contributed by atoms with E-state index < -0.39 is 0 Å². The Balaban J connectivity index is 1.92. The summed E-state index contributed by atoms with van der Waals surface area (Å²) in [7, 11) is 0. The molecule has 3 aliphatic rings. The Morgan fingerprint density at radius 2 is 2.18 bits per heavy atom. The summed E-state index contributed by atoms with van der Waals surface area (Å²) in [5, 5.41) is 0. The summed E-state index contributed by atoms with van der Waals surface area (Å²) in [6.45, 7) is 0.635. The minimum absolute atomic E-state index is 0.0775. The van der Waals surface area contributed by atoms with E-state index in [4.69, 9.17) is 20.6 Å². The average molecular weight is 152 g/mol. The van der Waals surface area contributed by atoms with Gasteiger partial charge < -0.3 is 14.2 Å². The van der Waals surface area contributed by atoms with Gasteiger partial charge in [-0.3, -0.25) is 0 Å². The minimum Gasteiger partial charge on any atom is -0.363 e. The second-order valence-electron chi connectivity index (χ2n) is 3.13. The third-order valence-corrected chi connectivity index (χ3v) is 2.51. The molecule has 0 aromatic carbocycles. The van der Waals surface area contributed by atoms with Crippen LogP contribution in [0.2, 0.25) is 0 Å². The molecule has 3 nitrogen and oxygen atoms in total. The van der Waals surface area contributed by atoms with E-state index in [1.54, 1.807) is 0 Å². The molecule has 0 unspecified atom stereocenters. The number of terminal acetylenes is 1. The standard InChI is InChI=1S/C8H8O3/c1-2-4-5-3-9-8(10-5)7-6(4)11-7/h1,4-8H,3H2/t4-,5-,6+,7+,8+/m1/s1. The maximum Gasteiger partial charge on any atom is 0.186 e. The van der Waals surface area contributed by atoms with Crippen LogP contribution in [-0.2, 0) is 14.2 Å². The first-order valence-electron chi connectivity index (χ1n) is 3.79. The molecule has 0 aliphatic carbocycles. The number of epoxide rings is 1. The summed E-state index contributed by atoms with van der Waals surface area (Å²) in [6.07, 6.45) is 5.62. The van der Waals surface area contributed by atoms with Crippen LogP contribution in [0.15, 0.2) is 0 Å². The fourth-order valence-corrected chi connectivity index (χ4v) is 1.86. The highest BCUT2D eigenvalue weighted by molar-refractivity contribution is 5.13. The summed E-state index contributed by atoms with van der Waals surface area (Å²) in [6, 6.07) is 0. The second-order valence-corrected chi connectivity index (χ2v) is 3.13. The fraction of sp³-hybridized carbons (Fsp3) is 0.750. The van der Waals surface area contributed by atoms with Crippen LogP contribution in [0.5, 0.6) is 0 Å². The Morgan fingerprint density at radius 1 is 1.27 bits per heavy atom. The van der Waals surface area contributed by atoms with Gasteiger partial charge in [-0.05, 0) is 0 Å². The molecular formula is C8H8O3. The number of hydrogen-bond donors (Lipinski definition) is 0. The number of ether oxygens (including phenoxy) is 3. The molecule has 0 aromatic heterocycles. The highest BCUT2D eigenvalue weighted by atomic mass is 16.8. The van der Waals surface area contributed by atoms with Crippen molar-refractivity contribution in [2.75, 3.05) is 6.61 Å². The Labute approximate surface area is 64.6 Å². The number of rotatable bonds is 0. The van der Waals surface area contributed by atoms with E-state index in [0.29, 0.717) is 6.61 Å². The average Bonchev–Trinajstić information content (AvgIpc) is 2.69. The van der Waals surface area contributed by atoms with Gasteiger partial charge in [0.1, 0.15) is 18.3 Å². The third kappa shape index (κ3) is 0.646. The monoisotopic (exact) mass is 152 g/mol. The summed E-state index contributed by atoms with van der Waals surface area (Å²) in [5.41, 5.74) is 0. The van der Waals surface area contributed by atoms with E-state index in [1.165, 1.54) is 0 Å². The summed E-state index contributed by atoms with van der Waals surface area (Å²) in [4.78, 5) is 0. The first-order valence-corrected chi connectivity index (χ1v) is 3.79. The maximum absolute atomic E-state index is 5.46. The SMILES string of the molecule is C#C[C@H]1[C@@H]2O[C@@H]2[C@H]2OC[C@H]1O2. The molecule has 3 fully saturated rings. The Kier molecular flexibility index (Phi) is 0.972. The van der Waals surface area contributed by atoms with Gasteiger partial charge in [0.15, 0.2) is 6.29 Å². The Hall–Kier alpha value is -0.560. The van der Waals surface area contributed by atoms with E-state index in [1.807, 2.05) is 0 Å². The lowest BCUT2D eigenvalue weighted by atomic mass is 9.96. The van der Waals surface area contributed by atoms with Crippen LogP contribution in [0.4, 0.5) is 0 Å². The molecule has 2 bridgehead atoms. The van der Waals surface area contributed by atoms with Gasteiger partial charge in [-0.15, -0.1) is 6.42 Å². The molecule has 0 spiro atoms. The van der Waals surface area contributed by atoms with E-state index in [2.05, 4.69) is 5.92 Å². The first-order chi connectivity index (χ1) is 5.40. The molecule has 0 amide bonds. The summed E-state index contributed by atoms with van der Waals surface area (Å²) in [5.74, 6) is 2.80. The van der Waals surface area contributed by atoms with Gasteiger partial charge in [0.05, 0.1) is 12.5 Å². The second kappa shape index (κ2) is 1.78. The smallest absolute Gasteiger partial charge is 0.186 e. The lowest BCUT2D eigenvalue weighted by Crippen LogP contribution is -2.34. The third-order valence-electron chi connectivity index (χ3n) is 2.51. The minimum atomic E-state index is -0.130. The number of fused-ring (bicyclic) bond motifs is 4. The maximum atomic E-state index is 5.46. The zero-order chi connectivity index (χ0) is 7.42. The van der Waals surface area contributed by atoms with Crippen LogP contribution >= 0.6 is 0 Å². The van der Waals surface area contributed by atoms with Gasteiger partial charge in [-0.1, -0.05) is 5.92 Å². The van der Waals surface area contributed by atoms with E-state index in [0.717, 1.165) is 0 Å². The van der Waals surface area contributed by atoms with Crippen molar-refractivity contribution in [2.45, 2.75) is 24.6 Å². The Morgan fingerprint density at radius 3 is 3.00 bits per heavy atom. The lowest BCUT2D eigenvalue weighted by molar-refractivity contribution is -0.0839. The largest absolute Gasteiger partial charge is 0.363 e. The van der Waals surface area contributed by atoms with Crippen molar-refractivity contribution >= 4 is 0 Å². The van der Waals surface area contributed by atoms with Gasteiger partial charge in [0, 0.05) is 0 Å². The molecule has 0 N–H and O–H groups in total. The first kappa shape index (κ1) is 6.01. The molecule has 58 valence electrons. The topological polar surface area (TPSA) is 31.0 Å². The van der Waals surface area contributed by atoms with Crippen molar-refractivity contribution in [3.8, 4) is 12.3 Å². The molecule has 5 atom stereocenters. The molecule has 0 radical (unpaired) electrons. The van der Waals surface area contributed by atoms with Gasteiger partial charge >= 0.3 is 0 Å². The molecule has 3 heterocycles. The van der Waals surface area contributed by atoms with Crippen molar-refractivity contribution in [2.24, 2.45) is 5.92 Å². The van der Waals surface area contributed by atoms with Crippen molar-refractivity contribution in [3.63, 3.8) is 0 Å². The molecular weight excluding hydrogens is 144 g/mol. The molecule has 3 rings (SSSR count). The van der Waals surface area contributed by atoms with Crippen LogP contribution in [-0.4, -0.2) is 31.2 Å². The van der Waals surface area contributed by atoms with Crippen molar-refractivity contribution in [1.29, 1.82) is 0 Å². The Bertz CT molecular complexity index is 232. The highest BCUT2D eigenvalue weighted by Crippen LogP contribution is 2.44. The van der Waals surface area contributed by atoms with Gasteiger partial charge in [0.25, 0.3) is 0 Å². The van der Waals surface area contributed by atoms with Crippen LogP contribution in [0.25, 0.3) is 0 Å². The van der Waals surface area contributed by atoms with Crippen molar-refractivity contribution in [1.82, 2.24) is 0 Å². The molecule has 0 aromatic rings. The van der Waals surface area contributed by atoms with Crippen LogP contribution in [0.3, 0.4) is 0 Å².